The van der Waals surface area contributed by atoms with Crippen LogP contribution in [-0.2, 0) is 4.79 Å². The summed E-state index contributed by atoms with van der Waals surface area (Å²) in [4.78, 5) is 28.2. The topological polar surface area (TPSA) is 104 Å². The molecule has 0 aliphatic carbocycles. The number of ketones is 1. The van der Waals surface area contributed by atoms with Crippen LogP contribution in [0.4, 0.5) is 0 Å². The van der Waals surface area contributed by atoms with E-state index >= 15 is 0 Å². The van der Waals surface area contributed by atoms with Crippen molar-refractivity contribution in [2.24, 2.45) is 0 Å². The molecule has 0 unspecified atom stereocenters. The highest BCUT2D eigenvalue weighted by atomic mass is 32.2. The fraction of sp³-hybridized carbons (Fsp3) is 0.0526. The van der Waals surface area contributed by atoms with Crippen LogP contribution in [-0.4, -0.2) is 26.9 Å². The summed E-state index contributed by atoms with van der Waals surface area (Å²) < 4.78 is 5.77. The van der Waals surface area contributed by atoms with E-state index in [1.54, 1.807) is 41.9 Å². The first-order valence-corrected chi connectivity index (χ1v) is 9.57. The minimum atomic E-state index is -0.986. The Balaban J connectivity index is 1.58. The number of allylic oxidation sites excluding steroid dienone is 1. The molecule has 134 valence electrons. The van der Waals surface area contributed by atoms with Gasteiger partial charge in [-0.05, 0) is 30.3 Å². The zero-order chi connectivity index (χ0) is 19.0. The summed E-state index contributed by atoms with van der Waals surface area (Å²) in [5, 5.41) is 19.7. The van der Waals surface area contributed by atoms with Crippen LogP contribution >= 0.6 is 23.1 Å². The average molecular weight is 396 g/mol. The second kappa shape index (κ2) is 6.98. The SMILES string of the molecule is N=C1S/C(=C\c2ccc(-c3ccc(C(=O)O)cc3)o2)C(=O)[C@@H]1c1nccs1. The Morgan fingerprint density at radius 1 is 1.22 bits per heavy atom. The van der Waals surface area contributed by atoms with E-state index in [2.05, 4.69) is 4.98 Å². The Kier molecular flexibility index (Phi) is 4.51. The number of carbonyl (C=O) groups is 2. The zero-order valence-electron chi connectivity index (χ0n) is 13.7. The largest absolute Gasteiger partial charge is 0.478 e. The van der Waals surface area contributed by atoms with Crippen molar-refractivity contribution in [3.8, 4) is 11.3 Å². The van der Waals surface area contributed by atoms with E-state index in [0.29, 0.717) is 21.4 Å². The van der Waals surface area contributed by atoms with Crippen molar-refractivity contribution in [2.45, 2.75) is 5.92 Å². The molecule has 1 atom stereocenters. The van der Waals surface area contributed by atoms with Crippen molar-refractivity contribution in [1.29, 1.82) is 5.41 Å². The van der Waals surface area contributed by atoms with Gasteiger partial charge in [0.15, 0.2) is 5.78 Å². The summed E-state index contributed by atoms with van der Waals surface area (Å²) in [6.07, 6.45) is 3.26. The van der Waals surface area contributed by atoms with Gasteiger partial charge in [0.2, 0.25) is 0 Å². The Bertz CT molecular complexity index is 1070. The third-order valence-corrected chi connectivity index (χ3v) is 5.84. The van der Waals surface area contributed by atoms with Gasteiger partial charge in [-0.25, -0.2) is 9.78 Å². The molecule has 3 heterocycles. The number of carboxylic acid groups (broad SMARTS) is 1. The van der Waals surface area contributed by atoms with Gasteiger partial charge in [0.1, 0.15) is 22.4 Å². The summed E-state index contributed by atoms with van der Waals surface area (Å²) in [7, 11) is 0. The van der Waals surface area contributed by atoms with E-state index in [0.717, 1.165) is 17.3 Å². The van der Waals surface area contributed by atoms with Gasteiger partial charge in [-0.2, -0.15) is 0 Å². The van der Waals surface area contributed by atoms with Gasteiger partial charge in [-0.3, -0.25) is 10.2 Å². The molecule has 1 saturated heterocycles. The maximum absolute atomic E-state index is 12.6. The molecular weight excluding hydrogens is 384 g/mol. The van der Waals surface area contributed by atoms with E-state index in [-0.39, 0.29) is 16.4 Å². The van der Waals surface area contributed by atoms with Crippen molar-refractivity contribution in [1.82, 2.24) is 4.98 Å². The second-order valence-corrected chi connectivity index (χ2v) is 7.74. The van der Waals surface area contributed by atoms with Gasteiger partial charge in [0.05, 0.1) is 15.5 Å². The molecule has 6 nitrogen and oxygen atoms in total. The Morgan fingerprint density at radius 3 is 2.67 bits per heavy atom. The number of nitrogens with one attached hydrogen (secondary N) is 1. The molecule has 1 aromatic carbocycles. The Morgan fingerprint density at radius 2 is 2.00 bits per heavy atom. The van der Waals surface area contributed by atoms with Crippen LogP contribution in [0.5, 0.6) is 0 Å². The minimum absolute atomic E-state index is 0.149. The number of nitrogens with zero attached hydrogens (tertiary/aromatic N) is 1. The van der Waals surface area contributed by atoms with Crippen LogP contribution in [0.1, 0.15) is 27.0 Å². The maximum Gasteiger partial charge on any atom is 0.335 e. The summed E-state index contributed by atoms with van der Waals surface area (Å²) in [6, 6.07) is 9.85. The zero-order valence-corrected chi connectivity index (χ0v) is 15.3. The van der Waals surface area contributed by atoms with E-state index in [9.17, 15) is 9.59 Å². The lowest BCUT2D eigenvalue weighted by Crippen LogP contribution is -2.11. The van der Waals surface area contributed by atoms with Crippen LogP contribution in [0.25, 0.3) is 17.4 Å². The molecule has 0 saturated carbocycles. The number of thioether (sulfide) groups is 1. The first kappa shape index (κ1) is 17.4. The number of carboxylic acids is 1. The van der Waals surface area contributed by atoms with Crippen molar-refractivity contribution >= 4 is 46.0 Å². The molecule has 2 aromatic heterocycles. The molecule has 1 aliphatic heterocycles. The van der Waals surface area contributed by atoms with Crippen molar-refractivity contribution in [3.05, 3.63) is 69.2 Å². The number of hydrogen-bond acceptors (Lipinski definition) is 7. The van der Waals surface area contributed by atoms with Gasteiger partial charge in [0.25, 0.3) is 0 Å². The number of Topliss-reactive ketones (excluding diaryl/α,β-unsaturated/α-hetero) is 1. The molecular formula is C19H12N2O4S2. The van der Waals surface area contributed by atoms with Crippen LogP contribution in [0.2, 0.25) is 0 Å². The monoisotopic (exact) mass is 396 g/mol. The maximum atomic E-state index is 12.6. The van der Waals surface area contributed by atoms with Crippen molar-refractivity contribution < 1.29 is 19.1 Å². The Hall–Kier alpha value is -2.97. The summed E-state index contributed by atoms with van der Waals surface area (Å²) in [6.45, 7) is 0. The average Bonchev–Trinajstić information content (AvgIpc) is 3.38. The molecule has 0 amide bonds. The van der Waals surface area contributed by atoms with Gasteiger partial charge < -0.3 is 9.52 Å². The molecule has 0 spiro atoms. The van der Waals surface area contributed by atoms with Gasteiger partial charge in [-0.1, -0.05) is 23.9 Å². The smallest absolute Gasteiger partial charge is 0.335 e. The first-order chi connectivity index (χ1) is 13.0. The number of carbonyl (C=O) groups excluding carboxylic acids is 1. The number of furan rings is 1. The first-order valence-electron chi connectivity index (χ1n) is 7.88. The number of aromatic nitrogens is 1. The van der Waals surface area contributed by atoms with E-state index in [4.69, 9.17) is 14.9 Å². The molecule has 1 aliphatic rings. The fourth-order valence-electron chi connectivity index (χ4n) is 2.68. The third-order valence-electron chi connectivity index (χ3n) is 4.00. The molecule has 0 radical (unpaired) electrons. The molecule has 3 aromatic rings. The molecule has 4 rings (SSSR count). The van der Waals surface area contributed by atoms with Gasteiger partial charge in [0, 0.05) is 17.1 Å². The standard InChI is InChI=1S/C19H12N2O4S2/c20-17-15(18-21-7-8-26-18)16(22)14(27-17)9-12-5-6-13(25-12)10-1-3-11(4-2-10)19(23)24/h1-9,15,20H,(H,23,24)/b14-9-,20-17?/t15-/m0/s1. The Labute approximate surface area is 162 Å². The summed E-state index contributed by atoms with van der Waals surface area (Å²) >= 11 is 2.48. The lowest BCUT2D eigenvalue weighted by molar-refractivity contribution is -0.114. The number of aromatic carboxylic acids is 1. The van der Waals surface area contributed by atoms with Crippen molar-refractivity contribution in [3.63, 3.8) is 0 Å². The third kappa shape index (κ3) is 3.36. The molecule has 27 heavy (non-hydrogen) atoms. The predicted octanol–water partition coefficient (Wildman–Crippen LogP) is 4.52. The lowest BCUT2D eigenvalue weighted by atomic mass is 10.1. The normalized spacial score (nSPS) is 18.4. The molecule has 8 heteroatoms. The van der Waals surface area contributed by atoms with Crippen LogP contribution < -0.4 is 0 Å². The molecule has 2 N–H and O–H groups in total. The number of rotatable bonds is 4. The van der Waals surface area contributed by atoms with Crippen LogP contribution in [0.15, 0.2) is 57.3 Å². The van der Waals surface area contributed by atoms with Gasteiger partial charge in [-0.15, -0.1) is 11.3 Å². The van der Waals surface area contributed by atoms with Crippen LogP contribution in [0.3, 0.4) is 0 Å². The minimum Gasteiger partial charge on any atom is -0.478 e. The number of hydrogen-bond donors (Lipinski definition) is 2. The number of benzene rings is 1. The van der Waals surface area contributed by atoms with Gasteiger partial charge >= 0.3 is 5.97 Å². The van der Waals surface area contributed by atoms with E-state index in [1.807, 2.05) is 0 Å². The summed E-state index contributed by atoms with van der Waals surface area (Å²) in [5.74, 6) is -0.695. The molecule has 1 fully saturated rings. The fourth-order valence-corrected chi connectivity index (χ4v) is 4.47. The van der Waals surface area contributed by atoms with Crippen molar-refractivity contribution in [2.75, 3.05) is 0 Å². The lowest BCUT2D eigenvalue weighted by Gasteiger charge is -2.01. The second-order valence-electron chi connectivity index (χ2n) is 5.73. The summed E-state index contributed by atoms with van der Waals surface area (Å²) in [5.41, 5.74) is 0.941. The van der Waals surface area contributed by atoms with E-state index < -0.39 is 11.9 Å². The highest BCUT2D eigenvalue weighted by Gasteiger charge is 2.38. The quantitative estimate of drug-likeness (QED) is 0.628. The number of thiazole rings is 1. The van der Waals surface area contributed by atoms with E-state index in [1.165, 1.54) is 23.5 Å². The highest BCUT2D eigenvalue weighted by Crippen LogP contribution is 2.41. The predicted molar refractivity (Wildman–Crippen MR) is 104 cm³/mol. The highest BCUT2D eigenvalue weighted by molar-refractivity contribution is 8.19. The van der Waals surface area contributed by atoms with Crippen LogP contribution in [0, 0.1) is 5.41 Å². The molecule has 0 bridgehead atoms.